The number of ether oxygens (including phenoxy) is 1. The second-order valence-corrected chi connectivity index (χ2v) is 8.27. The molecule has 1 N–H and O–H groups in total. The van der Waals surface area contributed by atoms with Gasteiger partial charge in [-0.25, -0.2) is 13.1 Å². The van der Waals surface area contributed by atoms with Crippen LogP contribution in [0.1, 0.15) is 26.5 Å². The van der Waals surface area contributed by atoms with Crippen LogP contribution in [0, 0.1) is 0 Å². The van der Waals surface area contributed by atoms with E-state index >= 15 is 0 Å². The number of nitrogens with one attached hydrogen (secondary N) is 1. The Morgan fingerprint density at radius 3 is 2.72 bits per heavy atom. The average molecular weight is 364 g/mol. The van der Waals surface area contributed by atoms with Crippen LogP contribution in [0.15, 0.2) is 45.9 Å². The predicted molar refractivity (Wildman–Crippen MR) is 91.9 cm³/mol. The number of hydrogen-bond donors (Lipinski definition) is 1. The highest BCUT2D eigenvalue weighted by Gasteiger charge is 2.34. The third-order valence-corrected chi connectivity index (χ3v) is 5.25. The minimum Gasteiger partial charge on any atom is -0.484 e. The number of anilines is 1. The molecule has 1 aromatic carbocycles. The van der Waals surface area contributed by atoms with E-state index in [1.807, 2.05) is 13.8 Å². The van der Waals surface area contributed by atoms with Crippen molar-refractivity contribution in [3.8, 4) is 5.75 Å². The Kier molecular flexibility index (Phi) is 4.34. The zero-order chi connectivity index (χ0) is 18.2. The van der Waals surface area contributed by atoms with Gasteiger partial charge in [-0.05, 0) is 44.2 Å². The molecule has 0 saturated carbocycles. The van der Waals surface area contributed by atoms with Gasteiger partial charge in [-0.1, -0.05) is 0 Å². The van der Waals surface area contributed by atoms with Gasteiger partial charge >= 0.3 is 0 Å². The van der Waals surface area contributed by atoms with E-state index in [0.29, 0.717) is 23.7 Å². The predicted octanol–water partition coefficient (Wildman–Crippen LogP) is 2.28. The summed E-state index contributed by atoms with van der Waals surface area (Å²) in [4.78, 5) is 13.6. The van der Waals surface area contributed by atoms with Crippen LogP contribution in [0.4, 0.5) is 5.69 Å². The maximum absolute atomic E-state index is 12.5. The van der Waals surface area contributed by atoms with E-state index in [2.05, 4.69) is 4.72 Å². The van der Waals surface area contributed by atoms with Crippen LogP contribution in [-0.2, 0) is 21.4 Å². The minimum atomic E-state index is -3.75. The molecule has 1 aliphatic heterocycles. The highest BCUT2D eigenvalue weighted by molar-refractivity contribution is 7.89. The SMILES string of the molecule is CC(=O)N1CC(C)(C)Oc2ccc(S(=O)(=O)NCc3ccco3)cc21. The molecule has 1 aliphatic rings. The van der Waals surface area contributed by atoms with E-state index in [1.54, 1.807) is 18.2 Å². The van der Waals surface area contributed by atoms with Crippen molar-refractivity contribution in [1.29, 1.82) is 0 Å². The van der Waals surface area contributed by atoms with Crippen molar-refractivity contribution in [3.05, 3.63) is 42.4 Å². The van der Waals surface area contributed by atoms with E-state index in [9.17, 15) is 13.2 Å². The molecule has 0 radical (unpaired) electrons. The molecule has 0 aliphatic carbocycles. The molecule has 2 aromatic rings. The van der Waals surface area contributed by atoms with Crippen molar-refractivity contribution in [2.24, 2.45) is 0 Å². The van der Waals surface area contributed by atoms with Crippen molar-refractivity contribution in [1.82, 2.24) is 4.72 Å². The first-order chi connectivity index (χ1) is 11.7. The average Bonchev–Trinajstić information content (AvgIpc) is 3.04. The Hall–Kier alpha value is -2.32. The van der Waals surface area contributed by atoms with Crippen molar-refractivity contribution < 1.29 is 22.4 Å². The molecule has 7 nitrogen and oxygen atoms in total. The third-order valence-electron chi connectivity index (χ3n) is 3.85. The highest BCUT2D eigenvalue weighted by Crippen LogP contribution is 2.38. The highest BCUT2D eigenvalue weighted by atomic mass is 32.2. The summed E-state index contributed by atoms with van der Waals surface area (Å²) in [5, 5.41) is 0. The van der Waals surface area contributed by atoms with E-state index in [1.165, 1.54) is 30.2 Å². The molecule has 0 bridgehead atoms. The molecule has 0 spiro atoms. The molecule has 25 heavy (non-hydrogen) atoms. The first-order valence-electron chi connectivity index (χ1n) is 7.81. The number of carbonyl (C=O) groups excluding carboxylic acids is 1. The maximum Gasteiger partial charge on any atom is 0.241 e. The largest absolute Gasteiger partial charge is 0.484 e. The Labute approximate surface area is 146 Å². The van der Waals surface area contributed by atoms with E-state index < -0.39 is 15.6 Å². The number of amides is 1. The van der Waals surface area contributed by atoms with Gasteiger partial charge in [0.05, 0.1) is 29.9 Å². The molecule has 1 aromatic heterocycles. The lowest BCUT2D eigenvalue weighted by Gasteiger charge is -2.39. The van der Waals surface area contributed by atoms with Crippen molar-refractivity contribution in [3.63, 3.8) is 0 Å². The maximum atomic E-state index is 12.5. The van der Waals surface area contributed by atoms with Crippen molar-refractivity contribution >= 4 is 21.6 Å². The Morgan fingerprint density at radius 2 is 2.08 bits per heavy atom. The number of carbonyl (C=O) groups is 1. The smallest absolute Gasteiger partial charge is 0.241 e. The topological polar surface area (TPSA) is 88.8 Å². The molecule has 8 heteroatoms. The van der Waals surface area contributed by atoms with Gasteiger partial charge in [0, 0.05) is 6.92 Å². The molecule has 0 saturated heterocycles. The number of rotatable bonds is 4. The molecular weight excluding hydrogens is 344 g/mol. The third kappa shape index (κ3) is 3.69. The summed E-state index contributed by atoms with van der Waals surface area (Å²) in [6, 6.07) is 7.86. The van der Waals surface area contributed by atoms with E-state index in [4.69, 9.17) is 9.15 Å². The summed E-state index contributed by atoms with van der Waals surface area (Å²) >= 11 is 0. The first kappa shape index (κ1) is 17.5. The number of hydrogen-bond acceptors (Lipinski definition) is 5. The molecule has 0 unspecified atom stereocenters. The minimum absolute atomic E-state index is 0.0480. The molecule has 2 heterocycles. The molecule has 0 atom stereocenters. The van der Waals surface area contributed by atoms with Crippen molar-refractivity contribution in [2.75, 3.05) is 11.4 Å². The van der Waals surface area contributed by atoms with Crippen LogP contribution in [-0.4, -0.2) is 26.5 Å². The van der Waals surface area contributed by atoms with Gasteiger partial charge in [-0.15, -0.1) is 0 Å². The summed E-state index contributed by atoms with van der Waals surface area (Å²) in [6.07, 6.45) is 1.48. The fourth-order valence-electron chi connectivity index (χ4n) is 2.70. The summed E-state index contributed by atoms with van der Waals surface area (Å²) in [6.45, 7) is 5.59. The zero-order valence-corrected chi connectivity index (χ0v) is 15.1. The van der Waals surface area contributed by atoms with Crippen LogP contribution in [0.2, 0.25) is 0 Å². The van der Waals surface area contributed by atoms with Crippen LogP contribution >= 0.6 is 0 Å². The van der Waals surface area contributed by atoms with Crippen molar-refractivity contribution in [2.45, 2.75) is 37.8 Å². The number of sulfonamides is 1. The summed E-state index contributed by atoms with van der Waals surface area (Å²) < 4.78 is 38.5. The van der Waals surface area contributed by atoms with Gasteiger partial charge < -0.3 is 14.1 Å². The second kappa shape index (κ2) is 6.20. The number of benzene rings is 1. The molecule has 1 amide bonds. The molecule has 3 rings (SSSR count). The number of fused-ring (bicyclic) bond motifs is 1. The van der Waals surface area contributed by atoms with Gasteiger partial charge in [0.15, 0.2) is 0 Å². The summed E-state index contributed by atoms with van der Waals surface area (Å²) in [5.74, 6) is 0.823. The Bertz CT molecular complexity index is 888. The lowest BCUT2D eigenvalue weighted by atomic mass is 10.1. The standard InChI is InChI=1S/C17H20N2O5S/c1-12(20)19-11-17(2,3)24-16-7-6-14(9-15(16)19)25(21,22)18-10-13-5-4-8-23-13/h4-9,18H,10-11H2,1-3H3. The van der Waals surface area contributed by atoms with Gasteiger partial charge in [0.1, 0.15) is 17.1 Å². The van der Waals surface area contributed by atoms with Crippen LogP contribution < -0.4 is 14.4 Å². The fraction of sp³-hybridized carbons (Fsp3) is 0.353. The van der Waals surface area contributed by atoms with E-state index in [0.717, 1.165) is 0 Å². The van der Waals surface area contributed by atoms with Crippen LogP contribution in [0.25, 0.3) is 0 Å². The van der Waals surface area contributed by atoms with Gasteiger partial charge in [-0.3, -0.25) is 4.79 Å². The normalized spacial score (nSPS) is 16.2. The quantitative estimate of drug-likeness (QED) is 0.899. The number of nitrogens with zero attached hydrogens (tertiary/aromatic N) is 1. The lowest BCUT2D eigenvalue weighted by molar-refractivity contribution is -0.117. The van der Waals surface area contributed by atoms with Gasteiger partial charge in [0.2, 0.25) is 15.9 Å². The second-order valence-electron chi connectivity index (χ2n) is 6.50. The molecule has 134 valence electrons. The van der Waals surface area contributed by atoms with Crippen LogP contribution in [0.5, 0.6) is 5.75 Å². The molecular formula is C17H20N2O5S. The Balaban J connectivity index is 1.91. The van der Waals surface area contributed by atoms with Gasteiger partial charge in [0.25, 0.3) is 0 Å². The fourth-order valence-corrected chi connectivity index (χ4v) is 3.71. The number of furan rings is 1. The lowest BCUT2D eigenvalue weighted by Crippen LogP contribution is -2.48. The summed E-state index contributed by atoms with van der Waals surface area (Å²) in [7, 11) is -3.75. The monoisotopic (exact) mass is 364 g/mol. The van der Waals surface area contributed by atoms with E-state index in [-0.39, 0.29) is 17.3 Å². The zero-order valence-electron chi connectivity index (χ0n) is 14.3. The Morgan fingerprint density at radius 1 is 1.32 bits per heavy atom. The first-order valence-corrected chi connectivity index (χ1v) is 9.29. The van der Waals surface area contributed by atoms with Gasteiger partial charge in [-0.2, -0.15) is 0 Å². The van der Waals surface area contributed by atoms with Crippen LogP contribution in [0.3, 0.4) is 0 Å². The summed E-state index contributed by atoms with van der Waals surface area (Å²) in [5.41, 5.74) is -0.0935. The molecule has 0 fully saturated rings.